The van der Waals surface area contributed by atoms with Crippen molar-refractivity contribution in [1.82, 2.24) is 13.7 Å². The van der Waals surface area contributed by atoms with Crippen molar-refractivity contribution in [2.75, 3.05) is 39.3 Å². The van der Waals surface area contributed by atoms with E-state index in [4.69, 9.17) is 0 Å². The number of rotatable bonds is 9. The Kier molecular flexibility index (Phi) is 9.22. The maximum absolute atomic E-state index is 2.64. The van der Waals surface area contributed by atoms with E-state index in [9.17, 15) is 0 Å². The van der Waals surface area contributed by atoms with Gasteiger partial charge in [-0.2, -0.15) is 0 Å². The standard InChI is InChI=1S/C12H30N3Si/c1-7-13(8-2)16(14(9-3)10-4)15(11-5)12-6/h7-12H2,1-6H3. The number of hydrogen-bond acceptors (Lipinski definition) is 3. The lowest BCUT2D eigenvalue weighted by Gasteiger charge is -2.41. The molecule has 3 nitrogen and oxygen atoms in total. The first-order chi connectivity index (χ1) is 7.69. The highest BCUT2D eigenvalue weighted by Gasteiger charge is 2.30. The van der Waals surface area contributed by atoms with Gasteiger partial charge >= 0.3 is 9.28 Å². The van der Waals surface area contributed by atoms with Gasteiger partial charge in [-0.1, -0.05) is 41.5 Å². The van der Waals surface area contributed by atoms with E-state index >= 15 is 0 Å². The smallest absolute Gasteiger partial charge is 0.299 e. The summed E-state index contributed by atoms with van der Waals surface area (Å²) in [6.45, 7) is 20.7. The lowest BCUT2D eigenvalue weighted by molar-refractivity contribution is 0.294. The van der Waals surface area contributed by atoms with Crippen molar-refractivity contribution < 1.29 is 0 Å². The average molecular weight is 244 g/mol. The Bertz CT molecular complexity index is 126. The molecular formula is C12H30N3Si. The van der Waals surface area contributed by atoms with E-state index in [-0.39, 0.29) is 0 Å². The van der Waals surface area contributed by atoms with E-state index in [1.165, 1.54) is 0 Å². The Morgan fingerprint density at radius 2 is 0.688 bits per heavy atom. The number of nitrogens with zero attached hydrogens (tertiary/aromatic N) is 3. The zero-order valence-electron chi connectivity index (χ0n) is 12.1. The molecule has 0 unspecified atom stereocenters. The molecule has 0 aromatic carbocycles. The topological polar surface area (TPSA) is 9.72 Å². The van der Waals surface area contributed by atoms with Crippen LogP contribution in [0.5, 0.6) is 0 Å². The molecule has 0 saturated carbocycles. The largest absolute Gasteiger partial charge is 0.327 e. The van der Waals surface area contributed by atoms with Gasteiger partial charge in [-0.15, -0.1) is 0 Å². The van der Waals surface area contributed by atoms with Crippen LogP contribution >= 0.6 is 0 Å². The van der Waals surface area contributed by atoms with Gasteiger partial charge in [-0.05, 0) is 39.3 Å². The fraction of sp³-hybridized carbons (Fsp3) is 1.00. The molecule has 0 rings (SSSR count). The van der Waals surface area contributed by atoms with Crippen molar-refractivity contribution in [2.24, 2.45) is 0 Å². The summed E-state index contributed by atoms with van der Waals surface area (Å²) in [5.74, 6) is 0. The molecule has 0 aromatic heterocycles. The Morgan fingerprint density at radius 1 is 0.500 bits per heavy atom. The second kappa shape index (κ2) is 9.16. The molecule has 0 fully saturated rings. The molecule has 0 aromatic rings. The first-order valence-electron chi connectivity index (χ1n) is 6.81. The van der Waals surface area contributed by atoms with Gasteiger partial charge in [0.2, 0.25) is 0 Å². The maximum Gasteiger partial charge on any atom is 0.327 e. The van der Waals surface area contributed by atoms with E-state index < -0.39 is 9.28 Å². The zero-order valence-corrected chi connectivity index (χ0v) is 13.1. The van der Waals surface area contributed by atoms with Crippen molar-refractivity contribution in [3.05, 3.63) is 0 Å². The van der Waals surface area contributed by atoms with E-state index in [1.54, 1.807) is 0 Å². The van der Waals surface area contributed by atoms with Crippen molar-refractivity contribution in [3.8, 4) is 0 Å². The Labute approximate surface area is 104 Å². The molecule has 0 atom stereocenters. The molecule has 16 heavy (non-hydrogen) atoms. The lowest BCUT2D eigenvalue weighted by atomic mass is 10.6. The summed E-state index contributed by atoms with van der Waals surface area (Å²) in [6, 6.07) is 0. The van der Waals surface area contributed by atoms with Gasteiger partial charge in [0.15, 0.2) is 0 Å². The summed E-state index contributed by atoms with van der Waals surface area (Å²) in [5, 5.41) is 0. The molecule has 1 radical (unpaired) electrons. The second-order valence-electron chi connectivity index (χ2n) is 3.82. The van der Waals surface area contributed by atoms with Crippen molar-refractivity contribution >= 4 is 9.28 Å². The van der Waals surface area contributed by atoms with Crippen LogP contribution in [0.1, 0.15) is 41.5 Å². The van der Waals surface area contributed by atoms with Crippen molar-refractivity contribution in [3.63, 3.8) is 0 Å². The number of hydrogen-bond donors (Lipinski definition) is 0. The van der Waals surface area contributed by atoms with Gasteiger partial charge in [-0.3, -0.25) is 13.7 Å². The van der Waals surface area contributed by atoms with E-state index in [2.05, 4.69) is 55.2 Å². The molecule has 0 aliphatic carbocycles. The van der Waals surface area contributed by atoms with Crippen LogP contribution in [0.15, 0.2) is 0 Å². The molecule has 0 amide bonds. The molecule has 0 N–H and O–H groups in total. The lowest BCUT2D eigenvalue weighted by Crippen LogP contribution is -2.62. The molecule has 97 valence electrons. The summed E-state index contributed by atoms with van der Waals surface area (Å²) in [7, 11) is -0.665. The van der Waals surface area contributed by atoms with Crippen LogP contribution in [-0.2, 0) is 0 Å². The van der Waals surface area contributed by atoms with Gasteiger partial charge in [-0.25, -0.2) is 0 Å². The second-order valence-corrected chi connectivity index (χ2v) is 6.31. The first-order valence-corrected chi connectivity index (χ1v) is 8.15. The Morgan fingerprint density at radius 3 is 0.812 bits per heavy atom. The van der Waals surface area contributed by atoms with Gasteiger partial charge < -0.3 is 0 Å². The van der Waals surface area contributed by atoms with Gasteiger partial charge in [0.05, 0.1) is 0 Å². The highest BCUT2D eigenvalue weighted by Crippen LogP contribution is 2.07. The predicted molar refractivity (Wildman–Crippen MR) is 74.5 cm³/mol. The third-order valence-corrected chi connectivity index (χ3v) is 6.73. The van der Waals surface area contributed by atoms with E-state index in [0.717, 1.165) is 39.3 Å². The minimum Gasteiger partial charge on any atom is -0.299 e. The Hall–Kier alpha value is 0.0969. The summed E-state index contributed by atoms with van der Waals surface area (Å²) in [6.07, 6.45) is 0. The zero-order chi connectivity index (χ0) is 12.6. The monoisotopic (exact) mass is 244 g/mol. The van der Waals surface area contributed by atoms with Gasteiger partial charge in [0.25, 0.3) is 0 Å². The fourth-order valence-corrected chi connectivity index (χ4v) is 5.02. The van der Waals surface area contributed by atoms with Crippen LogP contribution in [0.2, 0.25) is 0 Å². The van der Waals surface area contributed by atoms with Crippen LogP contribution in [0.25, 0.3) is 0 Å². The van der Waals surface area contributed by atoms with Crippen molar-refractivity contribution in [2.45, 2.75) is 41.5 Å². The van der Waals surface area contributed by atoms with Gasteiger partial charge in [0, 0.05) is 0 Å². The highest BCUT2D eigenvalue weighted by atomic mass is 28.3. The van der Waals surface area contributed by atoms with E-state index in [1.807, 2.05) is 0 Å². The average Bonchev–Trinajstić information content (AvgIpc) is 2.33. The SMILES string of the molecule is CCN(CC)[Si](N(CC)CC)N(CC)CC. The summed E-state index contributed by atoms with van der Waals surface area (Å²) in [5.41, 5.74) is 0. The Balaban J connectivity index is 4.84. The minimum atomic E-state index is -0.665. The summed E-state index contributed by atoms with van der Waals surface area (Å²) < 4.78 is 7.93. The van der Waals surface area contributed by atoms with Crippen LogP contribution < -0.4 is 0 Å². The third kappa shape index (κ3) is 4.16. The van der Waals surface area contributed by atoms with Crippen LogP contribution in [0.3, 0.4) is 0 Å². The van der Waals surface area contributed by atoms with Crippen LogP contribution in [0.4, 0.5) is 0 Å². The predicted octanol–water partition coefficient (Wildman–Crippen LogP) is 2.00. The fourth-order valence-electron chi connectivity index (χ4n) is 2.12. The van der Waals surface area contributed by atoms with Gasteiger partial charge in [0.1, 0.15) is 0 Å². The minimum absolute atomic E-state index is 0.665. The summed E-state index contributed by atoms with van der Waals surface area (Å²) in [4.78, 5) is 0. The molecule has 0 bridgehead atoms. The quantitative estimate of drug-likeness (QED) is 0.574. The third-order valence-electron chi connectivity index (χ3n) is 3.14. The molecule has 0 aliphatic heterocycles. The molecule has 0 spiro atoms. The molecule has 4 heteroatoms. The highest BCUT2D eigenvalue weighted by molar-refractivity contribution is 6.49. The van der Waals surface area contributed by atoms with Crippen LogP contribution in [0, 0.1) is 0 Å². The normalized spacial score (nSPS) is 12.4. The molecule has 0 saturated heterocycles. The maximum atomic E-state index is 2.64. The first kappa shape index (κ1) is 16.1. The summed E-state index contributed by atoms with van der Waals surface area (Å²) >= 11 is 0. The molecular weight excluding hydrogens is 214 g/mol. The molecule has 0 heterocycles. The van der Waals surface area contributed by atoms with Crippen LogP contribution in [-0.4, -0.2) is 62.2 Å². The van der Waals surface area contributed by atoms with Crippen molar-refractivity contribution in [1.29, 1.82) is 0 Å². The van der Waals surface area contributed by atoms with E-state index in [0.29, 0.717) is 0 Å². The molecule has 0 aliphatic rings.